The summed E-state index contributed by atoms with van der Waals surface area (Å²) in [6.07, 6.45) is 11.1. The SMILES string of the molecule is O=C(Cn1cnc2sc3c(c2c1=O)CCC3)N1CC[C@H]2CCCC[C@@H]2C1. The van der Waals surface area contributed by atoms with Crippen LogP contribution in [0.25, 0.3) is 10.2 Å². The number of thiophene rings is 1. The summed E-state index contributed by atoms with van der Waals surface area (Å²) in [5.41, 5.74) is 1.16. The lowest BCUT2D eigenvalue weighted by Gasteiger charge is -2.41. The van der Waals surface area contributed by atoms with Crippen LogP contribution in [0, 0.1) is 11.8 Å². The van der Waals surface area contributed by atoms with Crippen molar-refractivity contribution in [2.24, 2.45) is 11.8 Å². The number of nitrogens with zero attached hydrogens (tertiary/aromatic N) is 3. The first kappa shape index (κ1) is 16.5. The van der Waals surface area contributed by atoms with Gasteiger partial charge in [-0.15, -0.1) is 11.3 Å². The first-order chi connectivity index (χ1) is 12.7. The van der Waals surface area contributed by atoms with Crippen LogP contribution < -0.4 is 5.56 Å². The molecular formula is C20H25N3O2S. The Kier molecular flexibility index (Phi) is 4.11. The highest BCUT2D eigenvalue weighted by atomic mass is 32.1. The molecule has 0 N–H and O–H groups in total. The summed E-state index contributed by atoms with van der Waals surface area (Å²) in [6.45, 7) is 1.85. The van der Waals surface area contributed by atoms with E-state index >= 15 is 0 Å². The van der Waals surface area contributed by atoms with Crippen LogP contribution in [-0.4, -0.2) is 33.4 Å². The van der Waals surface area contributed by atoms with Gasteiger partial charge in [-0.25, -0.2) is 4.98 Å². The molecule has 26 heavy (non-hydrogen) atoms. The minimum atomic E-state index is -0.0321. The Labute approximate surface area is 157 Å². The van der Waals surface area contributed by atoms with Crippen LogP contribution >= 0.6 is 11.3 Å². The van der Waals surface area contributed by atoms with Gasteiger partial charge in [0.2, 0.25) is 5.91 Å². The van der Waals surface area contributed by atoms with E-state index in [4.69, 9.17) is 0 Å². The lowest BCUT2D eigenvalue weighted by Crippen LogP contribution is -2.46. The average molecular weight is 372 g/mol. The summed E-state index contributed by atoms with van der Waals surface area (Å²) >= 11 is 1.65. The fraction of sp³-hybridized carbons (Fsp3) is 0.650. The van der Waals surface area contributed by atoms with Gasteiger partial charge in [0.25, 0.3) is 5.56 Å². The molecule has 2 aromatic heterocycles. The zero-order valence-corrected chi connectivity index (χ0v) is 15.9. The highest BCUT2D eigenvalue weighted by Crippen LogP contribution is 2.36. The van der Waals surface area contributed by atoms with Crippen molar-refractivity contribution in [1.29, 1.82) is 0 Å². The van der Waals surface area contributed by atoms with E-state index in [1.165, 1.54) is 40.7 Å². The van der Waals surface area contributed by atoms with Gasteiger partial charge in [0.15, 0.2) is 0 Å². The van der Waals surface area contributed by atoms with Crippen molar-refractivity contribution in [3.8, 4) is 0 Å². The molecule has 0 spiro atoms. The first-order valence-electron chi connectivity index (χ1n) is 9.98. The molecule has 3 aliphatic rings. The van der Waals surface area contributed by atoms with Gasteiger partial charge < -0.3 is 4.90 Å². The normalized spacial score (nSPS) is 25.3. The van der Waals surface area contributed by atoms with Crippen LogP contribution in [0.2, 0.25) is 0 Å². The third kappa shape index (κ3) is 2.70. The number of likely N-dealkylation sites (tertiary alicyclic amines) is 1. The minimum absolute atomic E-state index is 0.0321. The number of rotatable bonds is 2. The largest absolute Gasteiger partial charge is 0.341 e. The molecule has 0 radical (unpaired) electrons. The van der Waals surface area contributed by atoms with E-state index in [0.717, 1.165) is 54.9 Å². The second-order valence-corrected chi connectivity index (χ2v) is 9.23. The van der Waals surface area contributed by atoms with E-state index in [9.17, 15) is 9.59 Å². The molecule has 5 nitrogen and oxygen atoms in total. The van der Waals surface area contributed by atoms with Gasteiger partial charge in [-0.05, 0) is 49.5 Å². The molecule has 138 valence electrons. The average Bonchev–Trinajstić information content (AvgIpc) is 3.24. The van der Waals surface area contributed by atoms with Gasteiger partial charge in [-0.1, -0.05) is 19.3 Å². The van der Waals surface area contributed by atoms with Gasteiger partial charge in [-0.3, -0.25) is 14.2 Å². The van der Waals surface area contributed by atoms with Crippen LogP contribution in [0.1, 0.15) is 49.0 Å². The molecule has 1 aliphatic heterocycles. The Bertz CT molecular complexity index is 916. The molecule has 2 atom stereocenters. The number of piperidine rings is 1. The summed E-state index contributed by atoms with van der Waals surface area (Å²) in [5, 5.41) is 0.767. The van der Waals surface area contributed by atoms with Gasteiger partial charge >= 0.3 is 0 Å². The van der Waals surface area contributed by atoms with Gasteiger partial charge in [0, 0.05) is 18.0 Å². The first-order valence-corrected chi connectivity index (χ1v) is 10.8. The molecule has 1 amide bonds. The maximum Gasteiger partial charge on any atom is 0.262 e. The van der Waals surface area contributed by atoms with Crippen molar-refractivity contribution in [2.45, 2.75) is 57.9 Å². The van der Waals surface area contributed by atoms with Crippen molar-refractivity contribution in [3.05, 3.63) is 27.1 Å². The van der Waals surface area contributed by atoms with Crippen LogP contribution in [0.3, 0.4) is 0 Å². The Morgan fingerprint density at radius 2 is 2.00 bits per heavy atom. The Balaban J connectivity index is 1.37. The highest BCUT2D eigenvalue weighted by Gasteiger charge is 2.33. The van der Waals surface area contributed by atoms with Gasteiger partial charge in [0.1, 0.15) is 11.4 Å². The molecule has 5 rings (SSSR count). The third-order valence-corrected chi connectivity index (χ3v) is 7.84. The molecule has 1 saturated heterocycles. The minimum Gasteiger partial charge on any atom is -0.341 e. The summed E-state index contributed by atoms with van der Waals surface area (Å²) < 4.78 is 1.53. The number of carbonyl (C=O) groups excluding carboxylic acids is 1. The summed E-state index contributed by atoms with van der Waals surface area (Å²) in [6, 6.07) is 0. The number of hydrogen-bond acceptors (Lipinski definition) is 4. The van der Waals surface area contributed by atoms with E-state index in [2.05, 4.69) is 4.98 Å². The summed E-state index contributed by atoms with van der Waals surface area (Å²) in [5.74, 6) is 1.55. The smallest absolute Gasteiger partial charge is 0.262 e. The number of fused-ring (bicyclic) bond motifs is 4. The van der Waals surface area contributed by atoms with E-state index in [1.54, 1.807) is 17.7 Å². The van der Waals surface area contributed by atoms with Crippen molar-refractivity contribution >= 4 is 27.5 Å². The van der Waals surface area contributed by atoms with Crippen LogP contribution in [0.5, 0.6) is 0 Å². The lowest BCUT2D eigenvalue weighted by atomic mass is 9.75. The Morgan fingerprint density at radius 3 is 2.88 bits per heavy atom. The number of carbonyl (C=O) groups is 1. The van der Waals surface area contributed by atoms with Crippen molar-refractivity contribution < 1.29 is 4.79 Å². The van der Waals surface area contributed by atoms with Crippen molar-refractivity contribution in [3.63, 3.8) is 0 Å². The van der Waals surface area contributed by atoms with E-state index in [0.29, 0.717) is 5.92 Å². The second-order valence-electron chi connectivity index (χ2n) is 8.15. The van der Waals surface area contributed by atoms with E-state index < -0.39 is 0 Å². The van der Waals surface area contributed by atoms with Crippen LogP contribution in [0.4, 0.5) is 0 Å². The summed E-state index contributed by atoms with van der Waals surface area (Å²) in [4.78, 5) is 34.4. The Morgan fingerprint density at radius 1 is 1.15 bits per heavy atom. The molecular weight excluding hydrogens is 346 g/mol. The molecule has 0 bridgehead atoms. The predicted molar refractivity (Wildman–Crippen MR) is 103 cm³/mol. The van der Waals surface area contributed by atoms with Crippen molar-refractivity contribution in [1.82, 2.24) is 14.5 Å². The maximum absolute atomic E-state index is 13.0. The van der Waals surface area contributed by atoms with Gasteiger partial charge in [-0.2, -0.15) is 0 Å². The zero-order chi connectivity index (χ0) is 17.7. The molecule has 2 aromatic rings. The fourth-order valence-electron chi connectivity index (χ4n) is 5.21. The van der Waals surface area contributed by atoms with E-state index in [-0.39, 0.29) is 18.0 Å². The fourth-order valence-corrected chi connectivity index (χ4v) is 6.42. The molecule has 0 aromatic carbocycles. The topological polar surface area (TPSA) is 55.2 Å². The molecule has 6 heteroatoms. The lowest BCUT2D eigenvalue weighted by molar-refractivity contribution is -0.135. The number of aryl methyl sites for hydroxylation is 2. The number of aromatic nitrogens is 2. The summed E-state index contributed by atoms with van der Waals surface area (Å²) in [7, 11) is 0. The van der Waals surface area contributed by atoms with Gasteiger partial charge in [0.05, 0.1) is 11.7 Å². The van der Waals surface area contributed by atoms with E-state index in [1.807, 2.05) is 4.90 Å². The Hall–Kier alpha value is -1.69. The highest BCUT2D eigenvalue weighted by molar-refractivity contribution is 7.18. The predicted octanol–water partition coefficient (Wildman–Crippen LogP) is 2.99. The molecule has 2 aliphatic carbocycles. The number of hydrogen-bond donors (Lipinski definition) is 0. The molecule has 1 saturated carbocycles. The van der Waals surface area contributed by atoms with Crippen molar-refractivity contribution in [2.75, 3.05) is 13.1 Å². The third-order valence-electron chi connectivity index (χ3n) is 6.64. The maximum atomic E-state index is 13.0. The monoisotopic (exact) mass is 371 g/mol. The van der Waals surface area contributed by atoms with Crippen LogP contribution in [0.15, 0.2) is 11.1 Å². The quantitative estimate of drug-likeness (QED) is 0.815. The second kappa shape index (κ2) is 6.48. The standard InChI is InChI=1S/C20H25N3O2S/c24-17(22-9-8-13-4-1-2-5-14(13)10-22)11-23-12-21-19-18(20(23)25)15-6-3-7-16(15)26-19/h12-14H,1-11H2/t13-,14-/m1/s1. The molecule has 2 fully saturated rings. The zero-order valence-electron chi connectivity index (χ0n) is 15.1. The van der Waals surface area contributed by atoms with Crippen LogP contribution in [-0.2, 0) is 24.2 Å². The molecule has 3 heterocycles. The molecule has 0 unspecified atom stereocenters. The number of amides is 1.